The third-order valence-corrected chi connectivity index (χ3v) is 5.50. The second-order valence-electron chi connectivity index (χ2n) is 7.23. The van der Waals surface area contributed by atoms with Crippen molar-refractivity contribution in [1.82, 2.24) is 14.7 Å². The summed E-state index contributed by atoms with van der Waals surface area (Å²) in [5, 5.41) is 6.79. The molecule has 3 aromatic rings. The lowest BCUT2D eigenvalue weighted by Gasteiger charge is -2.34. The predicted molar refractivity (Wildman–Crippen MR) is 122 cm³/mol. The van der Waals surface area contributed by atoms with Crippen molar-refractivity contribution < 1.29 is 0 Å². The number of para-hydroxylation sites is 1. The molecule has 0 amide bonds. The molecule has 0 aliphatic heterocycles. The second-order valence-corrected chi connectivity index (χ2v) is 7.62. The number of hydrogen-bond donors (Lipinski definition) is 1. The number of quaternary nitrogens is 1. The maximum Gasteiger partial charge on any atom is 0.280 e. The zero-order valence-electron chi connectivity index (χ0n) is 16.4. The van der Waals surface area contributed by atoms with Crippen LogP contribution in [0.5, 0.6) is 0 Å². The van der Waals surface area contributed by atoms with Crippen LogP contribution >= 0.6 is 12.2 Å². The number of thiocarbonyl (C=S) groups is 1. The quantitative estimate of drug-likeness (QED) is 0.372. The second kappa shape index (κ2) is 8.61. The van der Waals surface area contributed by atoms with Gasteiger partial charge in [0.15, 0.2) is 5.69 Å². The van der Waals surface area contributed by atoms with E-state index in [2.05, 4.69) is 98.1 Å². The zero-order valence-corrected chi connectivity index (χ0v) is 17.2. The van der Waals surface area contributed by atoms with Crippen LogP contribution in [0.1, 0.15) is 6.42 Å². The van der Waals surface area contributed by atoms with Gasteiger partial charge in [0.1, 0.15) is 5.69 Å². The summed E-state index contributed by atoms with van der Waals surface area (Å²) in [5.41, 5.74) is 2.34. The maximum absolute atomic E-state index is 5.94. The molecule has 1 unspecified atom stereocenters. The number of nitrogens with zero attached hydrogens (tertiary/aromatic N) is 2. The van der Waals surface area contributed by atoms with Gasteiger partial charge < -0.3 is 10.2 Å². The minimum absolute atomic E-state index is 0.458. The SMILES string of the molecule is CN(C)CCCNC(=S)[N+](C)(c1ccccc1)c1cccc2ccccc12. The van der Waals surface area contributed by atoms with Gasteiger partial charge in [0.05, 0.1) is 7.05 Å². The lowest BCUT2D eigenvalue weighted by Crippen LogP contribution is -2.52. The molecule has 0 saturated heterocycles. The summed E-state index contributed by atoms with van der Waals surface area (Å²) in [6.07, 6.45) is 1.05. The highest BCUT2D eigenvalue weighted by Gasteiger charge is 2.35. The molecule has 0 radical (unpaired) electrons. The fourth-order valence-corrected chi connectivity index (χ4v) is 3.74. The first-order valence-corrected chi connectivity index (χ1v) is 9.78. The largest absolute Gasteiger partial charge is 0.331 e. The van der Waals surface area contributed by atoms with Crippen LogP contribution in [0, 0.1) is 0 Å². The smallest absolute Gasteiger partial charge is 0.280 e. The minimum atomic E-state index is 0.458. The summed E-state index contributed by atoms with van der Waals surface area (Å²) in [6.45, 7) is 1.90. The molecule has 0 fully saturated rings. The first-order chi connectivity index (χ1) is 13.0. The Balaban J connectivity index is 2.02. The molecule has 0 saturated carbocycles. The maximum atomic E-state index is 5.94. The molecule has 3 rings (SSSR count). The number of rotatable bonds is 6. The van der Waals surface area contributed by atoms with E-state index in [9.17, 15) is 0 Å². The normalized spacial score (nSPS) is 13.5. The average Bonchev–Trinajstić information content (AvgIpc) is 2.70. The number of hydrogen-bond acceptors (Lipinski definition) is 2. The Hall–Kier alpha value is -2.27. The van der Waals surface area contributed by atoms with Crippen molar-refractivity contribution in [2.24, 2.45) is 0 Å². The molecule has 0 aromatic heterocycles. The van der Waals surface area contributed by atoms with Gasteiger partial charge in [0, 0.05) is 42.3 Å². The van der Waals surface area contributed by atoms with Crippen LogP contribution in [0.25, 0.3) is 10.8 Å². The van der Waals surface area contributed by atoms with Gasteiger partial charge in [-0.25, -0.2) is 4.48 Å². The number of nitrogens with one attached hydrogen (secondary N) is 1. The fourth-order valence-electron chi connectivity index (χ4n) is 3.44. The topological polar surface area (TPSA) is 15.3 Å². The molecule has 4 heteroatoms. The zero-order chi connectivity index (χ0) is 19.3. The number of fused-ring (bicyclic) bond motifs is 1. The summed E-state index contributed by atoms with van der Waals surface area (Å²) in [4.78, 5) is 2.20. The van der Waals surface area contributed by atoms with Crippen LogP contribution in [0.3, 0.4) is 0 Å². The van der Waals surface area contributed by atoms with Crippen LogP contribution < -0.4 is 9.80 Å². The first kappa shape index (κ1) is 19.5. The molecule has 27 heavy (non-hydrogen) atoms. The summed E-state index contributed by atoms with van der Waals surface area (Å²) in [6, 6.07) is 25.5. The summed E-state index contributed by atoms with van der Waals surface area (Å²) >= 11 is 5.94. The van der Waals surface area contributed by atoms with Crippen LogP contribution in [0.2, 0.25) is 0 Å². The van der Waals surface area contributed by atoms with Gasteiger partial charge in [-0.1, -0.05) is 48.5 Å². The molecule has 3 nitrogen and oxygen atoms in total. The van der Waals surface area contributed by atoms with E-state index < -0.39 is 0 Å². The molecule has 3 aromatic carbocycles. The molecular formula is C23H28N3S+. The molecule has 0 aliphatic rings. The Morgan fingerprint density at radius 1 is 0.926 bits per heavy atom. The van der Waals surface area contributed by atoms with Crippen molar-refractivity contribution in [2.45, 2.75) is 6.42 Å². The third kappa shape index (κ3) is 4.19. The van der Waals surface area contributed by atoms with Gasteiger partial charge >= 0.3 is 0 Å². The van der Waals surface area contributed by atoms with Gasteiger partial charge in [0.2, 0.25) is 0 Å². The van der Waals surface area contributed by atoms with Gasteiger partial charge in [-0.05, 0) is 38.5 Å². The highest BCUT2D eigenvalue weighted by molar-refractivity contribution is 7.80. The van der Waals surface area contributed by atoms with Crippen molar-refractivity contribution in [3.63, 3.8) is 0 Å². The molecule has 1 atom stereocenters. The van der Waals surface area contributed by atoms with E-state index in [1.807, 2.05) is 6.07 Å². The van der Waals surface area contributed by atoms with Crippen molar-refractivity contribution in [3.8, 4) is 0 Å². The van der Waals surface area contributed by atoms with Crippen LogP contribution in [-0.4, -0.2) is 44.2 Å². The monoisotopic (exact) mass is 378 g/mol. The Kier molecular flexibility index (Phi) is 6.22. The molecule has 0 heterocycles. The Bertz CT molecular complexity index is 902. The van der Waals surface area contributed by atoms with Gasteiger partial charge in [-0.2, -0.15) is 0 Å². The van der Waals surface area contributed by atoms with E-state index in [-0.39, 0.29) is 0 Å². The van der Waals surface area contributed by atoms with Crippen LogP contribution in [0.15, 0.2) is 72.8 Å². The van der Waals surface area contributed by atoms with Gasteiger partial charge in [-0.15, -0.1) is 0 Å². The van der Waals surface area contributed by atoms with E-state index in [1.54, 1.807) is 0 Å². The van der Waals surface area contributed by atoms with Crippen LogP contribution in [-0.2, 0) is 0 Å². The van der Waals surface area contributed by atoms with Crippen molar-refractivity contribution >= 4 is 39.5 Å². The predicted octanol–water partition coefficient (Wildman–Crippen LogP) is 4.93. The van der Waals surface area contributed by atoms with Gasteiger partial charge in [-0.3, -0.25) is 0 Å². The lowest BCUT2D eigenvalue weighted by molar-refractivity contribution is 0.399. The average molecular weight is 379 g/mol. The fraction of sp³-hybridized carbons (Fsp3) is 0.261. The van der Waals surface area contributed by atoms with E-state index in [0.29, 0.717) is 4.48 Å². The number of benzene rings is 3. The lowest BCUT2D eigenvalue weighted by atomic mass is 10.1. The minimum Gasteiger partial charge on any atom is -0.331 e. The highest BCUT2D eigenvalue weighted by Crippen LogP contribution is 2.38. The van der Waals surface area contributed by atoms with Crippen molar-refractivity contribution in [1.29, 1.82) is 0 Å². The standard InChI is InChI=1S/C23H27N3S/c1-25(2)18-10-17-24-23(27)26(3,20-13-5-4-6-14-20)22-16-9-12-19-11-7-8-15-21(19)22/h4-9,11-16H,10,17-18H2,1-3H3/p+1. The molecule has 0 aliphatic carbocycles. The summed E-state index contributed by atoms with van der Waals surface area (Å²) < 4.78 is 0.458. The summed E-state index contributed by atoms with van der Waals surface area (Å²) in [5.74, 6) is 0. The molecular weight excluding hydrogens is 350 g/mol. The Morgan fingerprint density at radius 2 is 1.59 bits per heavy atom. The Labute approximate surface area is 167 Å². The van der Waals surface area contributed by atoms with Gasteiger partial charge in [0.25, 0.3) is 5.11 Å². The molecule has 140 valence electrons. The van der Waals surface area contributed by atoms with Crippen molar-refractivity contribution in [3.05, 3.63) is 72.8 Å². The third-order valence-electron chi connectivity index (χ3n) is 4.99. The van der Waals surface area contributed by atoms with Crippen molar-refractivity contribution in [2.75, 3.05) is 34.2 Å². The summed E-state index contributed by atoms with van der Waals surface area (Å²) in [7, 11) is 6.37. The van der Waals surface area contributed by atoms with E-state index in [0.717, 1.165) is 30.3 Å². The van der Waals surface area contributed by atoms with E-state index in [4.69, 9.17) is 12.2 Å². The highest BCUT2D eigenvalue weighted by atomic mass is 32.1. The first-order valence-electron chi connectivity index (χ1n) is 9.37. The molecule has 0 spiro atoms. The molecule has 1 N–H and O–H groups in total. The Morgan fingerprint density at radius 3 is 2.33 bits per heavy atom. The molecule has 0 bridgehead atoms. The van der Waals surface area contributed by atoms with Crippen LogP contribution in [0.4, 0.5) is 11.4 Å². The van der Waals surface area contributed by atoms with E-state index in [1.165, 1.54) is 16.5 Å². The van der Waals surface area contributed by atoms with E-state index >= 15 is 0 Å².